The van der Waals surface area contributed by atoms with Crippen LogP contribution in [-0.4, -0.2) is 13.0 Å². The maximum Gasteiger partial charge on any atom is 0.239 e. The summed E-state index contributed by atoms with van der Waals surface area (Å²) in [4.78, 5) is 0. The maximum absolute atomic E-state index is 12.3. The summed E-state index contributed by atoms with van der Waals surface area (Å²) in [5, 5.41) is 11.7. The minimum absolute atomic E-state index is 0.189. The van der Waals surface area contributed by atoms with Gasteiger partial charge < -0.3 is 5.32 Å². The lowest BCUT2D eigenvalue weighted by Gasteiger charge is -2.16. The van der Waals surface area contributed by atoms with Crippen molar-refractivity contribution in [2.45, 2.75) is 12.8 Å². The van der Waals surface area contributed by atoms with E-state index in [4.69, 9.17) is 5.26 Å². The predicted octanol–water partition coefficient (Wildman–Crippen LogP) is 3.45. The number of nitrogens with one attached hydrogen (secondary N) is 1. The van der Waals surface area contributed by atoms with Crippen LogP contribution in [0.4, 0.5) is 14.5 Å². The lowest BCUT2D eigenvalue weighted by atomic mass is 9.98. The molecule has 90 valence electrons. The van der Waals surface area contributed by atoms with E-state index in [2.05, 4.69) is 11.9 Å². The molecule has 1 unspecified atom stereocenters. The van der Waals surface area contributed by atoms with Crippen LogP contribution in [0.1, 0.15) is 6.42 Å². The van der Waals surface area contributed by atoms with Crippen molar-refractivity contribution in [2.75, 3.05) is 11.9 Å². The minimum atomic E-state index is -2.43. The lowest BCUT2D eigenvalue weighted by Crippen LogP contribution is -2.18. The highest BCUT2D eigenvalue weighted by atomic mass is 19.3. The smallest absolute Gasteiger partial charge is 0.239 e. The molecule has 2 nitrogen and oxygen atoms in total. The van der Waals surface area contributed by atoms with Crippen LogP contribution in [0.15, 0.2) is 42.5 Å². The number of benzene rings is 1. The molecule has 1 N–H and O–H groups in total. The van der Waals surface area contributed by atoms with Gasteiger partial charge in [-0.05, 0) is 12.1 Å². The Morgan fingerprint density at radius 3 is 2.53 bits per heavy atom. The number of alkyl halides is 2. The van der Waals surface area contributed by atoms with E-state index < -0.39 is 12.3 Å². The first-order valence-corrected chi connectivity index (χ1v) is 5.29. The first kappa shape index (κ1) is 13.2. The highest BCUT2D eigenvalue weighted by Gasteiger charge is 2.17. The number of halogens is 2. The van der Waals surface area contributed by atoms with Gasteiger partial charge in [0.2, 0.25) is 6.43 Å². The fraction of sp³-hybridized carbons (Fsp3) is 0.308. The molecule has 0 heterocycles. The van der Waals surface area contributed by atoms with Gasteiger partial charge in [0.25, 0.3) is 0 Å². The van der Waals surface area contributed by atoms with Gasteiger partial charge >= 0.3 is 0 Å². The summed E-state index contributed by atoms with van der Waals surface area (Å²) in [5.74, 6) is -0.528. The lowest BCUT2D eigenvalue weighted by molar-refractivity contribution is 0.124. The van der Waals surface area contributed by atoms with Gasteiger partial charge in [-0.15, -0.1) is 0 Å². The normalized spacial score (nSPS) is 11.9. The second-order valence-electron chi connectivity index (χ2n) is 3.71. The maximum atomic E-state index is 12.3. The topological polar surface area (TPSA) is 35.8 Å². The second-order valence-corrected chi connectivity index (χ2v) is 3.71. The Bertz CT molecular complexity index is 396. The number of rotatable bonds is 6. The molecule has 0 spiro atoms. The molecule has 0 aliphatic carbocycles. The Hall–Kier alpha value is -1.89. The molecule has 0 aromatic heterocycles. The molecular formula is C13H14F2N2. The predicted molar refractivity (Wildman–Crippen MR) is 63.8 cm³/mol. The SMILES string of the molecule is C=C(C#N)C(CNc1ccccc1)CC(F)F. The Balaban J connectivity index is 2.56. The summed E-state index contributed by atoms with van der Waals surface area (Å²) in [6, 6.07) is 11.1. The Labute approximate surface area is 99.6 Å². The highest BCUT2D eigenvalue weighted by Crippen LogP contribution is 2.19. The van der Waals surface area contributed by atoms with Crippen molar-refractivity contribution < 1.29 is 8.78 Å². The van der Waals surface area contributed by atoms with Gasteiger partial charge in [0.15, 0.2) is 0 Å². The number of nitriles is 1. The van der Waals surface area contributed by atoms with Crippen LogP contribution in [0.3, 0.4) is 0 Å². The fourth-order valence-corrected chi connectivity index (χ4v) is 1.45. The summed E-state index contributed by atoms with van der Waals surface area (Å²) in [7, 11) is 0. The van der Waals surface area contributed by atoms with Crippen molar-refractivity contribution in [3.63, 3.8) is 0 Å². The summed E-state index contributed by atoms with van der Waals surface area (Å²) in [6.07, 6.45) is -2.77. The first-order valence-electron chi connectivity index (χ1n) is 5.29. The summed E-state index contributed by atoms with van der Waals surface area (Å²) < 4.78 is 24.7. The Kier molecular flexibility index (Phi) is 5.15. The van der Waals surface area contributed by atoms with E-state index in [0.717, 1.165) is 5.69 Å². The van der Waals surface area contributed by atoms with Crippen molar-refractivity contribution in [3.8, 4) is 6.07 Å². The van der Waals surface area contributed by atoms with E-state index in [-0.39, 0.29) is 12.0 Å². The molecule has 1 atom stereocenters. The molecule has 4 heteroatoms. The summed E-state index contributed by atoms with van der Waals surface area (Å²) in [5.41, 5.74) is 1.03. The van der Waals surface area contributed by atoms with Gasteiger partial charge in [-0.2, -0.15) is 5.26 Å². The number of hydrogen-bond donors (Lipinski definition) is 1. The second kappa shape index (κ2) is 6.64. The molecule has 0 bridgehead atoms. The van der Waals surface area contributed by atoms with Crippen LogP contribution in [0.25, 0.3) is 0 Å². The monoisotopic (exact) mass is 236 g/mol. The zero-order chi connectivity index (χ0) is 12.7. The molecule has 0 saturated carbocycles. The van der Waals surface area contributed by atoms with Crippen LogP contribution in [-0.2, 0) is 0 Å². The highest BCUT2D eigenvalue weighted by molar-refractivity contribution is 5.43. The largest absolute Gasteiger partial charge is 0.384 e. The van der Waals surface area contributed by atoms with Gasteiger partial charge in [-0.1, -0.05) is 24.8 Å². The van der Waals surface area contributed by atoms with Crippen LogP contribution < -0.4 is 5.32 Å². The van der Waals surface area contributed by atoms with E-state index in [9.17, 15) is 8.78 Å². The number of anilines is 1. The van der Waals surface area contributed by atoms with E-state index in [1.807, 2.05) is 36.4 Å². The summed E-state index contributed by atoms with van der Waals surface area (Å²) >= 11 is 0. The Morgan fingerprint density at radius 2 is 2.00 bits per heavy atom. The fourth-order valence-electron chi connectivity index (χ4n) is 1.45. The van der Waals surface area contributed by atoms with Gasteiger partial charge in [0, 0.05) is 30.1 Å². The van der Waals surface area contributed by atoms with Gasteiger partial charge in [0.05, 0.1) is 6.07 Å². The third-order valence-electron chi connectivity index (χ3n) is 2.43. The summed E-state index contributed by atoms with van der Waals surface area (Å²) in [6.45, 7) is 3.80. The van der Waals surface area contributed by atoms with Gasteiger partial charge in [-0.3, -0.25) is 0 Å². The van der Waals surface area contributed by atoms with E-state index >= 15 is 0 Å². The van der Waals surface area contributed by atoms with E-state index in [1.54, 1.807) is 0 Å². The van der Waals surface area contributed by atoms with Gasteiger partial charge in [0.1, 0.15) is 0 Å². The number of hydrogen-bond acceptors (Lipinski definition) is 2. The zero-order valence-corrected chi connectivity index (χ0v) is 9.37. The standard InChI is InChI=1S/C13H14F2N2/c1-10(8-16)11(7-13(14)15)9-17-12-5-3-2-4-6-12/h2-6,11,13,17H,1,7,9H2. The number of nitrogens with zero attached hydrogens (tertiary/aromatic N) is 1. The van der Waals surface area contributed by atoms with E-state index in [0.29, 0.717) is 6.54 Å². The van der Waals surface area contributed by atoms with Crippen LogP contribution >= 0.6 is 0 Å². The van der Waals surface area contributed by atoms with Crippen molar-refractivity contribution in [1.82, 2.24) is 0 Å². The molecule has 1 rings (SSSR count). The van der Waals surface area contributed by atoms with Gasteiger partial charge in [-0.25, -0.2) is 8.78 Å². The number of para-hydroxylation sites is 1. The molecule has 1 aromatic carbocycles. The molecule has 0 radical (unpaired) electrons. The molecule has 0 amide bonds. The molecule has 1 aromatic rings. The molecule has 17 heavy (non-hydrogen) atoms. The van der Waals surface area contributed by atoms with Crippen LogP contribution in [0.2, 0.25) is 0 Å². The van der Waals surface area contributed by atoms with Crippen LogP contribution in [0.5, 0.6) is 0 Å². The molecule has 0 aliphatic heterocycles. The molecular weight excluding hydrogens is 222 g/mol. The third-order valence-corrected chi connectivity index (χ3v) is 2.43. The van der Waals surface area contributed by atoms with Crippen molar-refractivity contribution in [1.29, 1.82) is 5.26 Å². The first-order chi connectivity index (χ1) is 8.13. The third kappa shape index (κ3) is 4.64. The Morgan fingerprint density at radius 1 is 1.35 bits per heavy atom. The molecule has 0 aliphatic rings. The minimum Gasteiger partial charge on any atom is -0.384 e. The van der Waals surface area contributed by atoms with Crippen molar-refractivity contribution in [3.05, 3.63) is 42.5 Å². The average Bonchev–Trinajstić information content (AvgIpc) is 2.34. The molecule has 0 fully saturated rings. The van der Waals surface area contributed by atoms with Crippen LogP contribution in [0, 0.1) is 17.2 Å². The van der Waals surface area contributed by atoms with Crippen molar-refractivity contribution in [2.24, 2.45) is 5.92 Å². The quantitative estimate of drug-likeness (QED) is 0.768. The average molecular weight is 236 g/mol. The molecule has 0 saturated heterocycles. The van der Waals surface area contributed by atoms with Crippen molar-refractivity contribution >= 4 is 5.69 Å². The zero-order valence-electron chi connectivity index (χ0n) is 9.37. The van der Waals surface area contributed by atoms with E-state index in [1.165, 1.54) is 0 Å².